The van der Waals surface area contributed by atoms with E-state index in [1.54, 1.807) is 18.2 Å². The number of carboxylic acid groups (broad SMARTS) is 1. The van der Waals surface area contributed by atoms with Gasteiger partial charge in [0.1, 0.15) is 6.04 Å². The molecule has 1 amide bonds. The van der Waals surface area contributed by atoms with E-state index >= 15 is 0 Å². The van der Waals surface area contributed by atoms with Crippen LogP contribution in [0.15, 0.2) is 28.7 Å². The van der Waals surface area contributed by atoms with Crippen molar-refractivity contribution in [3.63, 3.8) is 0 Å². The number of piperidine rings is 1. The highest BCUT2D eigenvalue weighted by Crippen LogP contribution is 2.26. The number of carbonyl (C=O) groups excluding carboxylic acids is 1. The molecule has 1 N–H and O–H groups in total. The Morgan fingerprint density at radius 2 is 2.05 bits per heavy atom. The lowest BCUT2D eigenvalue weighted by Crippen LogP contribution is -2.49. The number of carboxylic acids is 1. The van der Waals surface area contributed by atoms with Gasteiger partial charge in [-0.1, -0.05) is 19.1 Å². The van der Waals surface area contributed by atoms with E-state index in [1.807, 2.05) is 13.0 Å². The molecular formula is C14H16BrNO3. The summed E-state index contributed by atoms with van der Waals surface area (Å²) in [6, 6.07) is 6.39. The van der Waals surface area contributed by atoms with Crippen molar-refractivity contribution in [3.8, 4) is 0 Å². The van der Waals surface area contributed by atoms with Gasteiger partial charge in [-0.25, -0.2) is 4.79 Å². The van der Waals surface area contributed by atoms with Gasteiger partial charge >= 0.3 is 5.97 Å². The summed E-state index contributed by atoms with van der Waals surface area (Å²) in [5.74, 6) is -0.803. The van der Waals surface area contributed by atoms with Crippen molar-refractivity contribution in [2.75, 3.05) is 6.54 Å². The van der Waals surface area contributed by atoms with Crippen LogP contribution in [0.1, 0.15) is 30.1 Å². The molecule has 2 unspecified atom stereocenters. The van der Waals surface area contributed by atoms with Crippen molar-refractivity contribution in [2.24, 2.45) is 5.92 Å². The van der Waals surface area contributed by atoms with Crippen LogP contribution in [0, 0.1) is 5.92 Å². The lowest BCUT2D eigenvalue weighted by Gasteiger charge is -2.36. The molecule has 1 heterocycles. The third-order valence-corrected chi connectivity index (χ3v) is 4.21. The number of benzene rings is 1. The number of hydrogen-bond acceptors (Lipinski definition) is 2. The van der Waals surface area contributed by atoms with Gasteiger partial charge in [0, 0.05) is 11.0 Å². The van der Waals surface area contributed by atoms with E-state index in [1.165, 1.54) is 4.90 Å². The molecule has 102 valence electrons. The molecule has 5 heteroatoms. The number of halogens is 1. The highest BCUT2D eigenvalue weighted by atomic mass is 79.9. The summed E-state index contributed by atoms with van der Waals surface area (Å²) < 4.78 is 0.697. The number of likely N-dealkylation sites (tertiary alicyclic amines) is 1. The Hall–Kier alpha value is -1.36. The molecule has 1 aromatic carbocycles. The maximum absolute atomic E-state index is 12.5. The summed E-state index contributed by atoms with van der Waals surface area (Å²) in [5, 5.41) is 9.29. The largest absolute Gasteiger partial charge is 0.480 e. The molecule has 1 aromatic rings. The lowest BCUT2D eigenvalue weighted by molar-refractivity contribution is -0.144. The fourth-order valence-corrected chi connectivity index (χ4v) is 2.86. The van der Waals surface area contributed by atoms with Crippen LogP contribution in [0.25, 0.3) is 0 Å². The van der Waals surface area contributed by atoms with Gasteiger partial charge in [0.25, 0.3) is 5.91 Å². The molecule has 2 rings (SSSR count). The second-order valence-corrected chi connectivity index (χ2v) is 5.82. The molecule has 1 saturated heterocycles. The second-order valence-electron chi connectivity index (χ2n) is 4.96. The summed E-state index contributed by atoms with van der Waals surface area (Å²) in [6.07, 6.45) is 1.37. The van der Waals surface area contributed by atoms with Gasteiger partial charge in [0.15, 0.2) is 0 Å². The standard InChI is InChI=1S/C14H16BrNO3/c1-9-6-7-16(12(8-9)14(18)19)13(17)10-4-2-3-5-11(10)15/h2-5,9,12H,6-8H2,1H3,(H,18,19). The number of rotatable bonds is 2. The Morgan fingerprint density at radius 3 is 2.68 bits per heavy atom. The fraction of sp³-hybridized carbons (Fsp3) is 0.429. The smallest absolute Gasteiger partial charge is 0.326 e. The fourth-order valence-electron chi connectivity index (χ4n) is 2.41. The molecule has 2 atom stereocenters. The molecule has 0 spiro atoms. The summed E-state index contributed by atoms with van der Waals surface area (Å²) in [6.45, 7) is 2.52. The Kier molecular flexibility index (Phi) is 4.24. The Labute approximate surface area is 120 Å². The molecule has 19 heavy (non-hydrogen) atoms. The lowest BCUT2D eigenvalue weighted by atomic mass is 9.92. The van der Waals surface area contributed by atoms with Crippen LogP contribution in [0.2, 0.25) is 0 Å². The molecule has 1 fully saturated rings. The first-order chi connectivity index (χ1) is 9.00. The number of nitrogens with zero attached hydrogens (tertiary/aromatic N) is 1. The van der Waals surface area contributed by atoms with Crippen LogP contribution in [-0.2, 0) is 4.79 Å². The van der Waals surface area contributed by atoms with Gasteiger partial charge < -0.3 is 10.0 Å². The van der Waals surface area contributed by atoms with E-state index in [4.69, 9.17) is 0 Å². The first-order valence-corrected chi connectivity index (χ1v) is 7.08. The van der Waals surface area contributed by atoms with Crippen molar-refractivity contribution in [3.05, 3.63) is 34.3 Å². The van der Waals surface area contributed by atoms with Crippen molar-refractivity contribution in [1.29, 1.82) is 0 Å². The third kappa shape index (κ3) is 2.97. The second kappa shape index (κ2) is 5.74. The molecule has 0 aromatic heterocycles. The van der Waals surface area contributed by atoms with Crippen molar-refractivity contribution >= 4 is 27.8 Å². The van der Waals surface area contributed by atoms with Crippen molar-refractivity contribution in [1.82, 2.24) is 4.90 Å². The molecule has 1 aliphatic rings. The van der Waals surface area contributed by atoms with E-state index in [2.05, 4.69) is 15.9 Å². The van der Waals surface area contributed by atoms with Crippen LogP contribution in [0.3, 0.4) is 0 Å². The minimum Gasteiger partial charge on any atom is -0.480 e. The molecule has 0 bridgehead atoms. The maximum Gasteiger partial charge on any atom is 0.326 e. The molecule has 0 saturated carbocycles. The van der Waals surface area contributed by atoms with Gasteiger partial charge in [0.2, 0.25) is 0 Å². The zero-order valence-corrected chi connectivity index (χ0v) is 12.3. The zero-order chi connectivity index (χ0) is 14.0. The van der Waals surface area contributed by atoms with Crippen LogP contribution < -0.4 is 0 Å². The SMILES string of the molecule is CC1CCN(C(=O)c2ccccc2Br)C(C(=O)O)C1. The first-order valence-electron chi connectivity index (χ1n) is 6.29. The van der Waals surface area contributed by atoms with Crippen LogP contribution in [0.5, 0.6) is 0 Å². The summed E-state index contributed by atoms with van der Waals surface area (Å²) >= 11 is 3.34. The minimum absolute atomic E-state index is 0.216. The van der Waals surface area contributed by atoms with Crippen LogP contribution in [-0.4, -0.2) is 34.5 Å². The minimum atomic E-state index is -0.924. The van der Waals surface area contributed by atoms with Gasteiger partial charge in [-0.05, 0) is 46.8 Å². The number of aliphatic carboxylic acids is 1. The highest BCUT2D eigenvalue weighted by molar-refractivity contribution is 9.10. The number of carbonyl (C=O) groups is 2. The summed E-state index contributed by atoms with van der Waals surface area (Å²) in [4.78, 5) is 25.3. The molecule has 4 nitrogen and oxygen atoms in total. The molecule has 1 aliphatic heterocycles. The normalized spacial score (nSPS) is 23.2. The predicted molar refractivity (Wildman–Crippen MR) is 75.0 cm³/mol. The predicted octanol–water partition coefficient (Wildman–Crippen LogP) is 2.77. The average molecular weight is 326 g/mol. The van der Waals surface area contributed by atoms with Crippen LogP contribution in [0.4, 0.5) is 0 Å². The quantitative estimate of drug-likeness (QED) is 0.909. The number of amides is 1. The highest BCUT2D eigenvalue weighted by Gasteiger charge is 2.35. The van der Waals surface area contributed by atoms with Gasteiger partial charge in [-0.2, -0.15) is 0 Å². The van der Waals surface area contributed by atoms with Gasteiger partial charge in [0.05, 0.1) is 5.56 Å². The zero-order valence-electron chi connectivity index (χ0n) is 10.7. The topological polar surface area (TPSA) is 57.6 Å². The molecule has 0 aliphatic carbocycles. The van der Waals surface area contributed by atoms with Crippen molar-refractivity contribution in [2.45, 2.75) is 25.8 Å². The Morgan fingerprint density at radius 1 is 1.37 bits per heavy atom. The van der Waals surface area contributed by atoms with E-state index in [9.17, 15) is 14.7 Å². The summed E-state index contributed by atoms with van der Waals surface area (Å²) in [7, 11) is 0. The first kappa shape index (κ1) is 14.1. The maximum atomic E-state index is 12.5. The third-order valence-electron chi connectivity index (χ3n) is 3.51. The van der Waals surface area contributed by atoms with Crippen molar-refractivity contribution < 1.29 is 14.7 Å². The van der Waals surface area contributed by atoms with E-state index < -0.39 is 12.0 Å². The van der Waals surface area contributed by atoms with E-state index in [0.29, 0.717) is 28.9 Å². The molecular weight excluding hydrogens is 310 g/mol. The monoisotopic (exact) mass is 325 g/mol. The Balaban J connectivity index is 2.27. The average Bonchev–Trinajstić information content (AvgIpc) is 2.38. The van der Waals surface area contributed by atoms with Gasteiger partial charge in [-0.3, -0.25) is 4.79 Å². The Bertz CT molecular complexity index is 503. The van der Waals surface area contributed by atoms with Crippen LogP contribution >= 0.6 is 15.9 Å². The summed E-state index contributed by atoms with van der Waals surface area (Å²) in [5.41, 5.74) is 0.517. The van der Waals surface area contributed by atoms with Gasteiger partial charge in [-0.15, -0.1) is 0 Å². The number of hydrogen-bond donors (Lipinski definition) is 1. The van der Waals surface area contributed by atoms with E-state index in [0.717, 1.165) is 6.42 Å². The van der Waals surface area contributed by atoms with E-state index in [-0.39, 0.29) is 5.91 Å². The molecule has 0 radical (unpaired) electrons.